The van der Waals surface area contributed by atoms with Crippen molar-refractivity contribution in [2.45, 2.75) is 38.5 Å². The molecule has 0 bridgehead atoms. The summed E-state index contributed by atoms with van der Waals surface area (Å²) in [6.45, 7) is 5.56. The second kappa shape index (κ2) is 7.66. The van der Waals surface area contributed by atoms with Gasteiger partial charge in [0.25, 0.3) is 10.2 Å². The number of hydrogen-bond acceptors (Lipinski definition) is 6. The summed E-state index contributed by atoms with van der Waals surface area (Å²) < 4.78 is 33.1. The number of aryl methyl sites for hydroxylation is 1. The van der Waals surface area contributed by atoms with Gasteiger partial charge in [-0.25, -0.2) is 9.97 Å². The number of carbonyl (C=O) groups excluding carboxylic acids is 1. The SMILES string of the molecule is COCCN1C(=O)Cc2c(C)nc([C@]3(C)CCCN(S(=O)(=O)N(C)C)C3)nc21. The van der Waals surface area contributed by atoms with Gasteiger partial charge in [0.1, 0.15) is 11.6 Å². The molecule has 156 valence electrons. The van der Waals surface area contributed by atoms with Crippen molar-refractivity contribution >= 4 is 21.9 Å². The minimum atomic E-state index is -3.50. The molecule has 9 nitrogen and oxygen atoms in total. The molecule has 1 fully saturated rings. The van der Waals surface area contributed by atoms with Crippen LogP contribution in [-0.2, 0) is 31.6 Å². The number of ether oxygens (including phenoxy) is 1. The highest BCUT2D eigenvalue weighted by atomic mass is 32.2. The van der Waals surface area contributed by atoms with Gasteiger partial charge < -0.3 is 4.74 Å². The van der Waals surface area contributed by atoms with Crippen molar-refractivity contribution in [3.8, 4) is 0 Å². The van der Waals surface area contributed by atoms with Crippen molar-refractivity contribution in [3.05, 3.63) is 17.1 Å². The molecule has 0 spiro atoms. The van der Waals surface area contributed by atoms with E-state index in [4.69, 9.17) is 14.7 Å². The van der Waals surface area contributed by atoms with Crippen LogP contribution in [-0.4, -0.2) is 80.3 Å². The normalized spacial score (nSPS) is 23.5. The maximum absolute atomic E-state index is 12.6. The van der Waals surface area contributed by atoms with Crippen LogP contribution in [0.5, 0.6) is 0 Å². The Hall–Kier alpha value is -1.62. The molecule has 28 heavy (non-hydrogen) atoms. The molecule has 0 aliphatic carbocycles. The maximum Gasteiger partial charge on any atom is 0.281 e. The van der Waals surface area contributed by atoms with E-state index in [1.807, 2.05) is 13.8 Å². The standard InChI is InChI=1S/C18H29N5O4S/c1-13-14-11-15(24)23(9-10-27-5)16(14)20-17(19-13)18(2)7-6-8-22(12-18)28(25,26)21(3)4/h6-12H2,1-5H3/t18-/m1/s1. The third-order valence-corrected chi connectivity index (χ3v) is 7.47. The summed E-state index contributed by atoms with van der Waals surface area (Å²) in [7, 11) is 1.17. The highest BCUT2D eigenvalue weighted by Gasteiger charge is 2.42. The van der Waals surface area contributed by atoms with Crippen LogP contribution in [0, 0.1) is 6.92 Å². The minimum Gasteiger partial charge on any atom is -0.383 e. The molecule has 0 radical (unpaired) electrons. The van der Waals surface area contributed by atoms with Crippen molar-refractivity contribution in [1.82, 2.24) is 18.6 Å². The molecule has 2 aliphatic heterocycles. The van der Waals surface area contributed by atoms with E-state index in [1.165, 1.54) is 22.7 Å². The first kappa shape index (κ1) is 21.1. The number of methoxy groups -OCH3 is 1. The van der Waals surface area contributed by atoms with Crippen LogP contribution in [0.1, 0.15) is 36.8 Å². The van der Waals surface area contributed by atoms with Gasteiger partial charge in [0.05, 0.1) is 19.6 Å². The number of rotatable bonds is 6. The largest absolute Gasteiger partial charge is 0.383 e. The monoisotopic (exact) mass is 411 g/mol. The molecule has 1 atom stereocenters. The maximum atomic E-state index is 12.6. The Balaban J connectivity index is 1.97. The quantitative estimate of drug-likeness (QED) is 0.676. The molecule has 2 aliphatic rings. The lowest BCUT2D eigenvalue weighted by Gasteiger charge is -2.39. The summed E-state index contributed by atoms with van der Waals surface area (Å²) in [6, 6.07) is 0. The number of nitrogens with zero attached hydrogens (tertiary/aromatic N) is 5. The Morgan fingerprint density at radius 1 is 1.29 bits per heavy atom. The fourth-order valence-electron chi connectivity index (χ4n) is 3.86. The lowest BCUT2D eigenvalue weighted by atomic mass is 9.81. The summed E-state index contributed by atoms with van der Waals surface area (Å²) in [6.07, 6.45) is 1.81. The van der Waals surface area contributed by atoms with Gasteiger partial charge in [0, 0.05) is 51.0 Å². The van der Waals surface area contributed by atoms with E-state index >= 15 is 0 Å². The lowest BCUT2D eigenvalue weighted by Crippen LogP contribution is -2.51. The fourth-order valence-corrected chi connectivity index (χ4v) is 5.13. The van der Waals surface area contributed by atoms with Crippen molar-refractivity contribution in [1.29, 1.82) is 0 Å². The van der Waals surface area contributed by atoms with Crippen LogP contribution in [0.25, 0.3) is 0 Å². The molecule has 0 aromatic carbocycles. The number of anilines is 1. The fraction of sp³-hybridized carbons (Fsp3) is 0.722. The van der Waals surface area contributed by atoms with E-state index in [1.54, 1.807) is 12.0 Å². The van der Waals surface area contributed by atoms with E-state index in [9.17, 15) is 13.2 Å². The predicted molar refractivity (Wildman–Crippen MR) is 105 cm³/mol. The molecule has 3 heterocycles. The highest BCUT2D eigenvalue weighted by Crippen LogP contribution is 2.36. The second-order valence-corrected chi connectivity index (χ2v) is 10.1. The van der Waals surface area contributed by atoms with Crippen molar-refractivity contribution < 1.29 is 17.9 Å². The molecule has 10 heteroatoms. The summed E-state index contributed by atoms with van der Waals surface area (Å²) in [4.78, 5) is 23.5. The first-order valence-corrected chi connectivity index (χ1v) is 10.8. The zero-order valence-electron chi connectivity index (χ0n) is 17.2. The van der Waals surface area contributed by atoms with Crippen LogP contribution >= 0.6 is 0 Å². The number of aromatic nitrogens is 2. The van der Waals surface area contributed by atoms with Gasteiger partial charge in [0.15, 0.2) is 0 Å². The second-order valence-electron chi connectivity index (χ2n) is 7.94. The average Bonchev–Trinajstić information content (AvgIpc) is 2.96. The summed E-state index contributed by atoms with van der Waals surface area (Å²) >= 11 is 0. The van der Waals surface area contributed by atoms with Gasteiger partial charge in [-0.1, -0.05) is 6.92 Å². The summed E-state index contributed by atoms with van der Waals surface area (Å²) in [5, 5.41) is 0. The molecule has 1 amide bonds. The number of fused-ring (bicyclic) bond motifs is 1. The van der Waals surface area contributed by atoms with Gasteiger partial charge in [-0.3, -0.25) is 9.69 Å². The van der Waals surface area contributed by atoms with Gasteiger partial charge in [0.2, 0.25) is 5.91 Å². The van der Waals surface area contributed by atoms with Crippen molar-refractivity contribution in [2.24, 2.45) is 0 Å². The summed E-state index contributed by atoms with van der Waals surface area (Å²) in [5.74, 6) is 1.23. The van der Waals surface area contributed by atoms with Crippen LogP contribution in [0.15, 0.2) is 0 Å². The lowest BCUT2D eigenvalue weighted by molar-refractivity contribution is -0.117. The zero-order chi connectivity index (χ0) is 20.7. The first-order valence-electron chi connectivity index (χ1n) is 9.45. The van der Waals surface area contributed by atoms with Gasteiger partial charge in [-0.05, 0) is 19.8 Å². The minimum absolute atomic E-state index is 0.00721. The number of piperidine rings is 1. The molecule has 1 aromatic heterocycles. The Morgan fingerprint density at radius 2 is 2.00 bits per heavy atom. The average molecular weight is 412 g/mol. The van der Waals surface area contributed by atoms with Crippen LogP contribution in [0.3, 0.4) is 0 Å². The molecule has 0 N–H and O–H groups in total. The van der Waals surface area contributed by atoms with Crippen molar-refractivity contribution in [2.75, 3.05) is 52.3 Å². The van der Waals surface area contributed by atoms with Gasteiger partial charge >= 0.3 is 0 Å². The molecule has 3 rings (SSSR count). The first-order chi connectivity index (χ1) is 13.1. The third-order valence-electron chi connectivity index (χ3n) is 5.58. The van der Waals surface area contributed by atoms with Crippen LogP contribution < -0.4 is 4.90 Å². The smallest absolute Gasteiger partial charge is 0.281 e. The predicted octanol–water partition coefficient (Wildman–Crippen LogP) is 0.480. The van der Waals surface area contributed by atoms with Crippen molar-refractivity contribution in [3.63, 3.8) is 0 Å². The molecule has 1 saturated heterocycles. The Labute approximate surface area is 166 Å². The Morgan fingerprint density at radius 3 is 2.64 bits per heavy atom. The van der Waals surface area contributed by atoms with E-state index in [0.717, 1.165) is 24.1 Å². The molecule has 0 unspecified atom stereocenters. The number of hydrogen-bond donors (Lipinski definition) is 0. The van der Waals surface area contributed by atoms with E-state index in [2.05, 4.69) is 0 Å². The molecular formula is C18H29N5O4S. The van der Waals surface area contributed by atoms with E-state index in [-0.39, 0.29) is 5.91 Å². The van der Waals surface area contributed by atoms with Crippen LogP contribution in [0.2, 0.25) is 0 Å². The molecule has 0 saturated carbocycles. The third kappa shape index (κ3) is 3.66. The van der Waals surface area contributed by atoms with E-state index in [0.29, 0.717) is 44.3 Å². The van der Waals surface area contributed by atoms with Crippen LogP contribution in [0.4, 0.5) is 5.82 Å². The van der Waals surface area contributed by atoms with Gasteiger partial charge in [-0.2, -0.15) is 17.0 Å². The number of carbonyl (C=O) groups is 1. The molecule has 1 aromatic rings. The number of amides is 1. The molecular weight excluding hydrogens is 382 g/mol. The zero-order valence-corrected chi connectivity index (χ0v) is 18.0. The van der Waals surface area contributed by atoms with Gasteiger partial charge in [-0.15, -0.1) is 0 Å². The Bertz CT molecular complexity index is 873. The highest BCUT2D eigenvalue weighted by molar-refractivity contribution is 7.86. The van der Waals surface area contributed by atoms with E-state index < -0.39 is 15.6 Å². The topological polar surface area (TPSA) is 95.9 Å². The summed E-state index contributed by atoms with van der Waals surface area (Å²) in [5.41, 5.74) is 1.11. The Kier molecular flexibility index (Phi) is 5.77.